The zero-order valence-electron chi connectivity index (χ0n) is 19.6. The fraction of sp³-hybridized carbons (Fsp3) is 0.0625. The summed E-state index contributed by atoms with van der Waals surface area (Å²) in [4.78, 5) is 10.2. The number of rotatable bonds is 3. The van der Waals surface area contributed by atoms with Crippen molar-refractivity contribution in [2.24, 2.45) is 0 Å². The van der Waals surface area contributed by atoms with Crippen LogP contribution < -0.4 is 0 Å². The summed E-state index contributed by atoms with van der Waals surface area (Å²) in [7, 11) is 0. The van der Waals surface area contributed by atoms with Crippen LogP contribution in [0.3, 0.4) is 0 Å². The Morgan fingerprint density at radius 1 is 0.417 bits per heavy atom. The third kappa shape index (κ3) is 2.75. The molecular formula is C32H22N4. The lowest BCUT2D eigenvalue weighted by atomic mass is 10.1. The second-order valence-electron chi connectivity index (χ2n) is 9.48. The van der Waals surface area contributed by atoms with Gasteiger partial charge in [-0.05, 0) is 35.7 Å². The first-order valence-electron chi connectivity index (χ1n) is 12.4. The standard InChI is InChI=1S/C32H22N4/c1-3-13-27-23(9-1)25-11-5-7-15-29(25)35-19-21(33-31(27)35)17-18-22-20-36-30-16-8-6-12-26(30)24-10-2-4-14-28(24)32(36)34-22/h1-16,19-20H,17-18H2. The van der Waals surface area contributed by atoms with Gasteiger partial charge in [0.25, 0.3) is 0 Å². The SMILES string of the molecule is c1ccc2c(c1)c1ccccc1n1cc(CCc3cn4c5ccccc5c5ccccc5c4n3)nc21. The van der Waals surface area contributed by atoms with Gasteiger partial charge < -0.3 is 0 Å². The van der Waals surface area contributed by atoms with E-state index in [0.717, 1.165) is 35.5 Å². The number of hydrogen-bond donors (Lipinski definition) is 0. The molecule has 170 valence electrons. The third-order valence-corrected chi connectivity index (χ3v) is 7.39. The van der Waals surface area contributed by atoms with Crippen LogP contribution in [-0.2, 0) is 12.8 Å². The van der Waals surface area contributed by atoms with Gasteiger partial charge in [-0.25, -0.2) is 9.97 Å². The number of imidazole rings is 2. The minimum Gasteiger partial charge on any atom is -0.299 e. The van der Waals surface area contributed by atoms with E-state index in [9.17, 15) is 0 Å². The van der Waals surface area contributed by atoms with E-state index < -0.39 is 0 Å². The molecule has 8 aromatic rings. The highest BCUT2D eigenvalue weighted by Gasteiger charge is 2.14. The van der Waals surface area contributed by atoms with E-state index in [1.165, 1.54) is 43.4 Å². The highest BCUT2D eigenvalue weighted by atomic mass is 15.0. The van der Waals surface area contributed by atoms with Crippen LogP contribution in [-0.4, -0.2) is 18.8 Å². The fourth-order valence-electron chi connectivity index (χ4n) is 5.75. The smallest absolute Gasteiger partial charge is 0.145 e. The Morgan fingerprint density at radius 2 is 0.778 bits per heavy atom. The molecule has 4 heteroatoms. The molecule has 36 heavy (non-hydrogen) atoms. The largest absolute Gasteiger partial charge is 0.299 e. The molecule has 0 atom stereocenters. The number of para-hydroxylation sites is 2. The van der Waals surface area contributed by atoms with Crippen LogP contribution in [0.25, 0.3) is 54.6 Å². The molecule has 4 aromatic carbocycles. The van der Waals surface area contributed by atoms with Crippen LogP contribution in [0.5, 0.6) is 0 Å². The molecule has 0 saturated heterocycles. The number of nitrogens with zero attached hydrogens (tertiary/aromatic N) is 4. The van der Waals surface area contributed by atoms with Crippen LogP contribution in [0.1, 0.15) is 11.4 Å². The molecule has 0 spiro atoms. The molecule has 0 bridgehead atoms. The van der Waals surface area contributed by atoms with E-state index in [0.29, 0.717) is 0 Å². The van der Waals surface area contributed by atoms with E-state index >= 15 is 0 Å². The van der Waals surface area contributed by atoms with Gasteiger partial charge in [0, 0.05) is 33.9 Å². The van der Waals surface area contributed by atoms with Crippen LogP contribution >= 0.6 is 0 Å². The zero-order chi connectivity index (χ0) is 23.6. The van der Waals surface area contributed by atoms with Crippen molar-refractivity contribution in [1.82, 2.24) is 18.8 Å². The number of fused-ring (bicyclic) bond motifs is 12. The summed E-state index contributed by atoms with van der Waals surface area (Å²) < 4.78 is 4.50. The van der Waals surface area contributed by atoms with Crippen molar-refractivity contribution in [2.45, 2.75) is 12.8 Å². The van der Waals surface area contributed by atoms with Gasteiger partial charge in [0.05, 0.1) is 22.4 Å². The van der Waals surface area contributed by atoms with Crippen LogP contribution in [0.15, 0.2) is 109 Å². The molecule has 0 fully saturated rings. The Morgan fingerprint density at radius 3 is 1.22 bits per heavy atom. The van der Waals surface area contributed by atoms with Gasteiger partial charge in [-0.1, -0.05) is 84.9 Å². The zero-order valence-corrected chi connectivity index (χ0v) is 19.6. The highest BCUT2D eigenvalue weighted by Crippen LogP contribution is 2.31. The Balaban J connectivity index is 1.25. The predicted octanol–water partition coefficient (Wildman–Crippen LogP) is 7.38. The molecule has 0 saturated carbocycles. The average Bonchev–Trinajstić information content (AvgIpc) is 3.58. The molecule has 0 aliphatic carbocycles. The summed E-state index contributed by atoms with van der Waals surface area (Å²) in [6.45, 7) is 0. The molecule has 0 amide bonds. The summed E-state index contributed by atoms with van der Waals surface area (Å²) in [5.74, 6) is 0. The van der Waals surface area contributed by atoms with Gasteiger partial charge in [-0.2, -0.15) is 0 Å². The Hall–Kier alpha value is -4.70. The maximum atomic E-state index is 5.09. The molecule has 0 N–H and O–H groups in total. The number of aromatic nitrogens is 4. The lowest BCUT2D eigenvalue weighted by molar-refractivity contribution is 0.901. The van der Waals surface area contributed by atoms with Crippen LogP contribution in [0.4, 0.5) is 0 Å². The minimum absolute atomic E-state index is 0.837. The number of pyridine rings is 2. The lowest BCUT2D eigenvalue weighted by Gasteiger charge is -2.07. The Labute approximate surface area is 207 Å². The van der Waals surface area contributed by atoms with E-state index in [1.807, 2.05) is 0 Å². The van der Waals surface area contributed by atoms with Crippen molar-refractivity contribution >= 4 is 54.6 Å². The first-order valence-corrected chi connectivity index (χ1v) is 12.4. The van der Waals surface area contributed by atoms with Gasteiger partial charge in [0.1, 0.15) is 11.3 Å². The first kappa shape index (κ1) is 19.6. The topological polar surface area (TPSA) is 34.6 Å². The second kappa shape index (κ2) is 7.40. The maximum Gasteiger partial charge on any atom is 0.145 e. The minimum atomic E-state index is 0.837. The monoisotopic (exact) mass is 462 g/mol. The lowest BCUT2D eigenvalue weighted by Crippen LogP contribution is -1.91. The summed E-state index contributed by atoms with van der Waals surface area (Å²) in [5, 5.41) is 7.38. The third-order valence-electron chi connectivity index (χ3n) is 7.39. The summed E-state index contributed by atoms with van der Waals surface area (Å²) in [6, 6.07) is 34.3. The van der Waals surface area contributed by atoms with Crippen molar-refractivity contribution in [3.8, 4) is 0 Å². The maximum absolute atomic E-state index is 5.09. The Kier molecular flexibility index (Phi) is 4.03. The van der Waals surface area contributed by atoms with Gasteiger partial charge in [-0.15, -0.1) is 0 Å². The fourth-order valence-corrected chi connectivity index (χ4v) is 5.75. The molecule has 4 aromatic heterocycles. The summed E-state index contributed by atoms with van der Waals surface area (Å²) >= 11 is 0. The summed E-state index contributed by atoms with van der Waals surface area (Å²) in [5.41, 5.74) is 6.59. The van der Waals surface area contributed by atoms with E-state index in [-0.39, 0.29) is 0 Å². The predicted molar refractivity (Wildman–Crippen MR) is 148 cm³/mol. The van der Waals surface area contributed by atoms with Crippen molar-refractivity contribution in [2.75, 3.05) is 0 Å². The average molecular weight is 463 g/mol. The van der Waals surface area contributed by atoms with Gasteiger partial charge in [0.15, 0.2) is 0 Å². The molecule has 0 aliphatic heterocycles. The second-order valence-corrected chi connectivity index (χ2v) is 9.48. The molecule has 0 unspecified atom stereocenters. The normalized spacial score (nSPS) is 12.1. The van der Waals surface area contributed by atoms with Crippen molar-refractivity contribution in [1.29, 1.82) is 0 Å². The van der Waals surface area contributed by atoms with Crippen LogP contribution in [0.2, 0.25) is 0 Å². The van der Waals surface area contributed by atoms with Crippen molar-refractivity contribution in [3.63, 3.8) is 0 Å². The quantitative estimate of drug-likeness (QED) is 0.257. The molecule has 0 radical (unpaired) electrons. The summed E-state index contributed by atoms with van der Waals surface area (Å²) in [6.07, 6.45) is 6.07. The van der Waals surface area contributed by atoms with Crippen molar-refractivity contribution in [3.05, 3.63) is 121 Å². The van der Waals surface area contributed by atoms with Gasteiger partial charge >= 0.3 is 0 Å². The molecule has 0 aliphatic rings. The van der Waals surface area contributed by atoms with Crippen molar-refractivity contribution < 1.29 is 0 Å². The van der Waals surface area contributed by atoms with E-state index in [4.69, 9.17) is 9.97 Å². The number of aryl methyl sites for hydroxylation is 2. The van der Waals surface area contributed by atoms with Gasteiger partial charge in [-0.3, -0.25) is 8.80 Å². The molecule has 4 nitrogen and oxygen atoms in total. The Bertz CT molecular complexity index is 1810. The first-order chi connectivity index (χ1) is 17.8. The van der Waals surface area contributed by atoms with Crippen LogP contribution in [0, 0.1) is 0 Å². The molecular weight excluding hydrogens is 440 g/mol. The number of benzene rings is 4. The molecule has 8 rings (SSSR count). The number of hydrogen-bond acceptors (Lipinski definition) is 2. The van der Waals surface area contributed by atoms with E-state index in [2.05, 4.69) is 118 Å². The van der Waals surface area contributed by atoms with Gasteiger partial charge in [0.2, 0.25) is 0 Å². The highest BCUT2D eigenvalue weighted by molar-refractivity contribution is 6.12. The molecule has 4 heterocycles. The van der Waals surface area contributed by atoms with E-state index in [1.54, 1.807) is 0 Å².